The van der Waals surface area contributed by atoms with Gasteiger partial charge >= 0.3 is 0 Å². The molecule has 1 atom stereocenters. The smallest absolute Gasteiger partial charge is 0.124 e. The summed E-state index contributed by atoms with van der Waals surface area (Å²) in [4.78, 5) is 4.64. The van der Waals surface area contributed by atoms with Crippen LogP contribution in [-0.4, -0.2) is 28.6 Å². The summed E-state index contributed by atoms with van der Waals surface area (Å²) in [6.07, 6.45) is -0.532. The molecule has 0 bridgehead atoms. The molecule has 1 unspecified atom stereocenters. The lowest BCUT2D eigenvalue weighted by molar-refractivity contribution is 0.211. The number of nitrogens with one attached hydrogen (secondary N) is 1. The molecule has 0 radical (unpaired) electrons. The lowest BCUT2D eigenvalue weighted by atomic mass is 10.2. The molecule has 3 nitrogen and oxygen atoms in total. The molecule has 0 aliphatic rings. The summed E-state index contributed by atoms with van der Waals surface area (Å²) in [5, 5.41) is 13.6. The van der Waals surface area contributed by atoms with Crippen molar-refractivity contribution in [3.05, 3.63) is 48.5 Å². The van der Waals surface area contributed by atoms with Gasteiger partial charge < -0.3 is 10.4 Å². The Morgan fingerprint density at radius 3 is 2.62 bits per heavy atom. The molecule has 0 aliphatic carbocycles. The Labute approximate surface area is 132 Å². The van der Waals surface area contributed by atoms with Gasteiger partial charge in [-0.15, -0.1) is 22.9 Å². The Morgan fingerprint density at radius 1 is 1.14 bits per heavy atom. The average molecular weight is 319 g/mol. The van der Waals surface area contributed by atoms with E-state index in [4.69, 9.17) is 11.6 Å². The van der Waals surface area contributed by atoms with Crippen LogP contribution in [0.15, 0.2) is 48.5 Å². The monoisotopic (exact) mass is 318 g/mol. The van der Waals surface area contributed by atoms with Gasteiger partial charge in [-0.05, 0) is 36.4 Å². The number of halogens is 1. The third-order valence-corrected chi connectivity index (χ3v) is 4.59. The molecule has 0 spiro atoms. The van der Waals surface area contributed by atoms with Gasteiger partial charge in [-0.2, -0.15) is 0 Å². The third kappa shape index (κ3) is 3.35. The SMILES string of the molecule is OC(CCl)CNc1ccc(-c2nc3ccccc3s2)cc1. The maximum Gasteiger partial charge on any atom is 0.124 e. The van der Waals surface area contributed by atoms with E-state index in [2.05, 4.69) is 16.4 Å². The molecule has 2 aromatic carbocycles. The van der Waals surface area contributed by atoms with E-state index in [0.717, 1.165) is 21.8 Å². The highest BCUT2D eigenvalue weighted by molar-refractivity contribution is 7.21. The lowest BCUT2D eigenvalue weighted by Crippen LogP contribution is -2.20. The fraction of sp³-hybridized carbons (Fsp3) is 0.188. The number of aromatic nitrogens is 1. The normalized spacial score (nSPS) is 12.5. The van der Waals surface area contributed by atoms with Gasteiger partial charge in [0.05, 0.1) is 22.2 Å². The zero-order chi connectivity index (χ0) is 14.7. The van der Waals surface area contributed by atoms with E-state index in [0.29, 0.717) is 6.54 Å². The second-order valence-corrected chi connectivity index (χ2v) is 6.09. The molecule has 1 heterocycles. The van der Waals surface area contributed by atoms with Crippen molar-refractivity contribution in [1.29, 1.82) is 0 Å². The maximum absolute atomic E-state index is 9.43. The molecular formula is C16H15ClN2OS. The number of anilines is 1. The van der Waals surface area contributed by atoms with Gasteiger partial charge in [0, 0.05) is 17.8 Å². The molecule has 0 saturated heterocycles. The van der Waals surface area contributed by atoms with Crippen LogP contribution >= 0.6 is 22.9 Å². The van der Waals surface area contributed by atoms with E-state index < -0.39 is 6.10 Å². The van der Waals surface area contributed by atoms with Crippen molar-refractivity contribution in [2.75, 3.05) is 17.7 Å². The van der Waals surface area contributed by atoms with E-state index >= 15 is 0 Å². The van der Waals surface area contributed by atoms with Crippen LogP contribution in [0.5, 0.6) is 0 Å². The minimum Gasteiger partial charge on any atom is -0.390 e. The highest BCUT2D eigenvalue weighted by Gasteiger charge is 2.06. The van der Waals surface area contributed by atoms with Crippen molar-refractivity contribution in [2.24, 2.45) is 0 Å². The van der Waals surface area contributed by atoms with Crippen LogP contribution in [0.25, 0.3) is 20.8 Å². The summed E-state index contributed by atoms with van der Waals surface area (Å²) < 4.78 is 1.19. The fourth-order valence-corrected chi connectivity index (χ4v) is 3.10. The molecule has 108 valence electrons. The third-order valence-electron chi connectivity index (χ3n) is 3.15. The van der Waals surface area contributed by atoms with Crippen LogP contribution in [0.2, 0.25) is 0 Å². The zero-order valence-corrected chi connectivity index (χ0v) is 12.9. The maximum atomic E-state index is 9.43. The number of hydrogen-bond donors (Lipinski definition) is 2. The predicted molar refractivity (Wildman–Crippen MR) is 90.3 cm³/mol. The summed E-state index contributed by atoms with van der Waals surface area (Å²) in [6, 6.07) is 16.2. The van der Waals surface area contributed by atoms with Crippen LogP contribution < -0.4 is 5.32 Å². The molecule has 3 aromatic rings. The molecule has 21 heavy (non-hydrogen) atoms. The second kappa shape index (κ2) is 6.43. The summed E-state index contributed by atoms with van der Waals surface area (Å²) >= 11 is 7.25. The molecule has 1 aromatic heterocycles. The number of benzene rings is 2. The van der Waals surface area contributed by atoms with Crippen molar-refractivity contribution in [3.8, 4) is 10.6 Å². The van der Waals surface area contributed by atoms with E-state index in [1.165, 1.54) is 4.70 Å². The Kier molecular flexibility index (Phi) is 4.39. The van der Waals surface area contributed by atoms with Crippen LogP contribution in [0.4, 0.5) is 5.69 Å². The summed E-state index contributed by atoms with van der Waals surface area (Å²) in [5.41, 5.74) is 3.09. The summed E-state index contributed by atoms with van der Waals surface area (Å²) in [7, 11) is 0. The van der Waals surface area contributed by atoms with Crippen molar-refractivity contribution < 1.29 is 5.11 Å². The highest BCUT2D eigenvalue weighted by atomic mass is 35.5. The van der Waals surface area contributed by atoms with Gasteiger partial charge in [0.25, 0.3) is 0 Å². The molecule has 0 amide bonds. The predicted octanol–water partition coefficient (Wildman–Crippen LogP) is 3.97. The average Bonchev–Trinajstić information content (AvgIpc) is 2.97. The Bertz CT molecular complexity index is 693. The molecule has 3 rings (SSSR count). The molecule has 0 aliphatic heterocycles. The van der Waals surface area contributed by atoms with Crippen molar-refractivity contribution in [1.82, 2.24) is 4.98 Å². The van der Waals surface area contributed by atoms with Crippen LogP contribution in [0, 0.1) is 0 Å². The van der Waals surface area contributed by atoms with E-state index in [1.54, 1.807) is 11.3 Å². The molecule has 0 fully saturated rings. The topological polar surface area (TPSA) is 45.1 Å². The quantitative estimate of drug-likeness (QED) is 0.700. The number of rotatable bonds is 5. The first-order valence-corrected chi connectivity index (χ1v) is 8.05. The summed E-state index contributed by atoms with van der Waals surface area (Å²) in [6.45, 7) is 0.448. The number of para-hydroxylation sites is 1. The van der Waals surface area contributed by atoms with Crippen molar-refractivity contribution in [2.45, 2.75) is 6.10 Å². The number of alkyl halides is 1. The van der Waals surface area contributed by atoms with E-state index in [9.17, 15) is 5.11 Å². The van der Waals surface area contributed by atoms with Crippen molar-refractivity contribution in [3.63, 3.8) is 0 Å². The standard InChI is InChI=1S/C16H15ClN2OS/c17-9-13(20)10-18-12-7-5-11(6-8-12)16-19-14-3-1-2-4-15(14)21-16/h1-8,13,18,20H,9-10H2. The Hall–Kier alpha value is -1.62. The second-order valence-electron chi connectivity index (χ2n) is 4.75. The Morgan fingerprint density at radius 2 is 1.90 bits per heavy atom. The Balaban J connectivity index is 1.77. The first kappa shape index (κ1) is 14.3. The zero-order valence-electron chi connectivity index (χ0n) is 11.3. The van der Waals surface area contributed by atoms with Gasteiger partial charge in [0.2, 0.25) is 0 Å². The van der Waals surface area contributed by atoms with Crippen molar-refractivity contribution >= 4 is 38.8 Å². The minimum absolute atomic E-state index is 0.233. The van der Waals surface area contributed by atoms with E-state index in [1.807, 2.05) is 42.5 Å². The van der Waals surface area contributed by atoms with Gasteiger partial charge in [-0.25, -0.2) is 4.98 Å². The number of hydrogen-bond acceptors (Lipinski definition) is 4. The van der Waals surface area contributed by atoms with Gasteiger partial charge in [0.1, 0.15) is 5.01 Å². The molecule has 2 N–H and O–H groups in total. The highest BCUT2D eigenvalue weighted by Crippen LogP contribution is 2.30. The number of aliphatic hydroxyl groups excluding tert-OH is 1. The van der Waals surface area contributed by atoms with Crippen LogP contribution in [-0.2, 0) is 0 Å². The van der Waals surface area contributed by atoms with Gasteiger partial charge in [-0.1, -0.05) is 12.1 Å². The number of aliphatic hydroxyl groups is 1. The first-order chi connectivity index (χ1) is 10.3. The van der Waals surface area contributed by atoms with E-state index in [-0.39, 0.29) is 5.88 Å². The molecule has 0 saturated carbocycles. The molecule has 5 heteroatoms. The lowest BCUT2D eigenvalue weighted by Gasteiger charge is -2.10. The number of thiazole rings is 1. The fourth-order valence-electron chi connectivity index (χ4n) is 2.02. The van der Waals surface area contributed by atoms with Gasteiger partial charge in [-0.3, -0.25) is 0 Å². The van der Waals surface area contributed by atoms with Crippen LogP contribution in [0.3, 0.4) is 0 Å². The van der Waals surface area contributed by atoms with Gasteiger partial charge in [0.15, 0.2) is 0 Å². The van der Waals surface area contributed by atoms with Crippen LogP contribution in [0.1, 0.15) is 0 Å². The number of fused-ring (bicyclic) bond motifs is 1. The first-order valence-electron chi connectivity index (χ1n) is 6.70. The summed E-state index contributed by atoms with van der Waals surface area (Å²) in [5.74, 6) is 0.233. The minimum atomic E-state index is -0.532. The number of nitrogens with zero attached hydrogens (tertiary/aromatic N) is 1. The molecular weight excluding hydrogens is 304 g/mol. The largest absolute Gasteiger partial charge is 0.390 e.